The molecule has 2 aromatic heterocycles. The SMILES string of the molecule is CCNC(=NCc1cc(Br)cs1)NCCCn1cccn1.I. The highest BCUT2D eigenvalue weighted by Crippen LogP contribution is 2.20. The fraction of sp³-hybridized carbons (Fsp3) is 0.429. The average Bonchev–Trinajstić information content (AvgIpc) is 3.12. The number of hydrogen-bond donors (Lipinski definition) is 2. The Labute approximate surface area is 160 Å². The van der Waals surface area contributed by atoms with E-state index in [-0.39, 0.29) is 24.0 Å². The number of rotatable bonds is 7. The van der Waals surface area contributed by atoms with Gasteiger partial charge in [0.15, 0.2) is 5.96 Å². The van der Waals surface area contributed by atoms with Gasteiger partial charge >= 0.3 is 0 Å². The van der Waals surface area contributed by atoms with E-state index in [9.17, 15) is 0 Å². The van der Waals surface area contributed by atoms with Gasteiger partial charge in [0.2, 0.25) is 0 Å². The van der Waals surface area contributed by atoms with Crippen LogP contribution in [0.4, 0.5) is 0 Å². The van der Waals surface area contributed by atoms with E-state index in [0.717, 1.165) is 36.5 Å². The highest BCUT2D eigenvalue weighted by molar-refractivity contribution is 14.0. The molecule has 122 valence electrons. The number of guanidine groups is 1. The Kier molecular flexibility index (Phi) is 9.73. The fourth-order valence-electron chi connectivity index (χ4n) is 1.82. The van der Waals surface area contributed by atoms with Crippen LogP contribution in [0.25, 0.3) is 0 Å². The van der Waals surface area contributed by atoms with Gasteiger partial charge in [-0.25, -0.2) is 4.99 Å². The normalized spacial score (nSPS) is 11.1. The maximum Gasteiger partial charge on any atom is 0.191 e. The third-order valence-electron chi connectivity index (χ3n) is 2.77. The summed E-state index contributed by atoms with van der Waals surface area (Å²) in [4.78, 5) is 5.84. The quantitative estimate of drug-likeness (QED) is 0.266. The monoisotopic (exact) mass is 497 g/mol. The Morgan fingerprint density at radius 1 is 1.45 bits per heavy atom. The third-order valence-corrected chi connectivity index (χ3v) is 4.46. The number of halogens is 2. The van der Waals surface area contributed by atoms with E-state index in [1.54, 1.807) is 17.5 Å². The van der Waals surface area contributed by atoms with Crippen LogP contribution in [0.1, 0.15) is 18.2 Å². The summed E-state index contributed by atoms with van der Waals surface area (Å²) >= 11 is 5.18. The lowest BCUT2D eigenvalue weighted by Gasteiger charge is -2.11. The van der Waals surface area contributed by atoms with Gasteiger partial charge < -0.3 is 10.6 Å². The van der Waals surface area contributed by atoms with Gasteiger partial charge in [0.1, 0.15) is 0 Å². The molecule has 0 aliphatic carbocycles. The van der Waals surface area contributed by atoms with Crippen molar-refractivity contribution in [2.45, 2.75) is 26.4 Å². The molecule has 0 bridgehead atoms. The molecule has 2 aromatic rings. The van der Waals surface area contributed by atoms with Crippen LogP contribution in [0.15, 0.2) is 39.4 Å². The number of hydrogen-bond acceptors (Lipinski definition) is 3. The van der Waals surface area contributed by atoms with Gasteiger partial charge in [0.05, 0.1) is 6.54 Å². The Morgan fingerprint density at radius 3 is 2.95 bits per heavy atom. The first-order chi connectivity index (χ1) is 10.3. The van der Waals surface area contributed by atoms with Crippen molar-refractivity contribution >= 4 is 57.2 Å². The first-order valence-corrected chi connectivity index (χ1v) is 8.67. The zero-order chi connectivity index (χ0) is 14.9. The predicted molar refractivity (Wildman–Crippen MR) is 107 cm³/mol. The molecule has 0 atom stereocenters. The van der Waals surface area contributed by atoms with Crippen molar-refractivity contribution in [2.75, 3.05) is 13.1 Å². The van der Waals surface area contributed by atoms with Crippen LogP contribution in [0.5, 0.6) is 0 Å². The van der Waals surface area contributed by atoms with Crippen molar-refractivity contribution in [3.05, 3.63) is 39.3 Å². The molecular formula is C14H21BrIN5S. The lowest BCUT2D eigenvalue weighted by Crippen LogP contribution is -2.38. The largest absolute Gasteiger partial charge is 0.357 e. The van der Waals surface area contributed by atoms with E-state index >= 15 is 0 Å². The summed E-state index contributed by atoms with van der Waals surface area (Å²) < 4.78 is 3.06. The first kappa shape index (κ1) is 19.4. The maximum absolute atomic E-state index is 4.59. The summed E-state index contributed by atoms with van der Waals surface area (Å²) in [5.41, 5.74) is 0. The van der Waals surface area contributed by atoms with E-state index in [4.69, 9.17) is 0 Å². The van der Waals surface area contributed by atoms with Gasteiger partial charge in [-0.1, -0.05) is 0 Å². The Morgan fingerprint density at radius 2 is 2.32 bits per heavy atom. The average molecular weight is 498 g/mol. The van der Waals surface area contributed by atoms with Gasteiger partial charge in [0.25, 0.3) is 0 Å². The summed E-state index contributed by atoms with van der Waals surface area (Å²) in [6.45, 7) is 5.42. The van der Waals surface area contributed by atoms with Crippen LogP contribution in [0.3, 0.4) is 0 Å². The van der Waals surface area contributed by atoms with Crippen molar-refractivity contribution in [3.63, 3.8) is 0 Å². The zero-order valence-corrected chi connectivity index (χ0v) is 17.2. The molecule has 0 amide bonds. The summed E-state index contributed by atoms with van der Waals surface area (Å²) in [5.74, 6) is 0.863. The van der Waals surface area contributed by atoms with Crippen molar-refractivity contribution in [1.29, 1.82) is 0 Å². The lowest BCUT2D eigenvalue weighted by atomic mass is 10.4. The van der Waals surface area contributed by atoms with Crippen molar-refractivity contribution in [2.24, 2.45) is 4.99 Å². The van der Waals surface area contributed by atoms with Gasteiger partial charge in [0, 0.05) is 46.8 Å². The molecule has 0 aliphatic rings. The third kappa shape index (κ3) is 7.10. The Bertz CT molecular complexity index is 555. The van der Waals surface area contributed by atoms with Gasteiger partial charge in [-0.05, 0) is 41.4 Å². The van der Waals surface area contributed by atoms with Gasteiger partial charge in [-0.3, -0.25) is 4.68 Å². The van der Waals surface area contributed by atoms with E-state index in [2.05, 4.69) is 55.0 Å². The molecule has 0 aromatic carbocycles. The van der Waals surface area contributed by atoms with Crippen LogP contribution in [-0.2, 0) is 13.1 Å². The first-order valence-electron chi connectivity index (χ1n) is 7.00. The second-order valence-electron chi connectivity index (χ2n) is 4.48. The summed E-state index contributed by atoms with van der Waals surface area (Å²) in [6.07, 6.45) is 4.79. The number of aliphatic imine (C=N–C) groups is 1. The Balaban J connectivity index is 0.00000242. The molecule has 0 aliphatic heterocycles. The van der Waals surface area contributed by atoms with Crippen LogP contribution >= 0.6 is 51.2 Å². The molecule has 0 radical (unpaired) electrons. The minimum Gasteiger partial charge on any atom is -0.357 e. The number of nitrogens with one attached hydrogen (secondary N) is 2. The maximum atomic E-state index is 4.59. The van der Waals surface area contributed by atoms with Gasteiger partial charge in [-0.2, -0.15) is 5.10 Å². The second kappa shape index (κ2) is 11.0. The smallest absolute Gasteiger partial charge is 0.191 e. The minimum atomic E-state index is 0. The molecule has 2 rings (SSSR count). The molecule has 22 heavy (non-hydrogen) atoms. The molecule has 0 saturated heterocycles. The molecule has 2 N–H and O–H groups in total. The van der Waals surface area contributed by atoms with Crippen molar-refractivity contribution < 1.29 is 0 Å². The predicted octanol–water partition coefficient (Wildman–Crippen LogP) is 3.47. The van der Waals surface area contributed by atoms with Crippen LogP contribution in [0, 0.1) is 0 Å². The van der Waals surface area contributed by atoms with Crippen molar-refractivity contribution in [3.8, 4) is 0 Å². The fourth-order valence-corrected chi connectivity index (χ4v) is 3.19. The highest BCUT2D eigenvalue weighted by Gasteiger charge is 2.00. The molecular weight excluding hydrogens is 477 g/mol. The number of aryl methyl sites for hydroxylation is 1. The van der Waals surface area contributed by atoms with Crippen molar-refractivity contribution in [1.82, 2.24) is 20.4 Å². The summed E-state index contributed by atoms with van der Waals surface area (Å²) in [7, 11) is 0. The van der Waals surface area contributed by atoms with Crippen LogP contribution < -0.4 is 10.6 Å². The molecule has 2 heterocycles. The molecule has 0 fully saturated rings. The van der Waals surface area contributed by atoms with Gasteiger partial charge in [-0.15, -0.1) is 35.3 Å². The topological polar surface area (TPSA) is 54.2 Å². The number of thiophene rings is 1. The second-order valence-corrected chi connectivity index (χ2v) is 6.39. The van der Waals surface area contributed by atoms with Crippen LogP contribution in [-0.4, -0.2) is 28.8 Å². The minimum absolute atomic E-state index is 0. The van der Waals surface area contributed by atoms with E-state index in [0.29, 0.717) is 6.54 Å². The number of nitrogens with zero attached hydrogens (tertiary/aromatic N) is 3. The summed E-state index contributed by atoms with van der Waals surface area (Å²) in [6, 6.07) is 4.05. The Hall–Kier alpha value is -0.610. The summed E-state index contributed by atoms with van der Waals surface area (Å²) in [5, 5.41) is 12.9. The van der Waals surface area contributed by atoms with Crippen LogP contribution in [0.2, 0.25) is 0 Å². The molecule has 8 heteroatoms. The molecule has 0 spiro atoms. The molecule has 0 saturated carbocycles. The van der Waals surface area contributed by atoms with E-state index < -0.39 is 0 Å². The van der Waals surface area contributed by atoms with E-state index in [1.165, 1.54) is 4.88 Å². The van der Waals surface area contributed by atoms with E-state index in [1.807, 2.05) is 16.9 Å². The standard InChI is InChI=1S/C14H20BrN5S.HI/c1-2-16-14(18-10-13-9-12(15)11-21-13)17-5-3-7-20-8-4-6-19-20;/h4,6,8-9,11H,2-3,5,7,10H2,1H3,(H2,16,17,18);1H. The molecule has 5 nitrogen and oxygen atoms in total. The highest BCUT2D eigenvalue weighted by atomic mass is 127. The molecule has 0 unspecified atom stereocenters. The number of aromatic nitrogens is 2. The zero-order valence-electron chi connectivity index (χ0n) is 12.5. The lowest BCUT2D eigenvalue weighted by molar-refractivity contribution is 0.570.